The lowest BCUT2D eigenvalue weighted by molar-refractivity contribution is -0.213. The summed E-state index contributed by atoms with van der Waals surface area (Å²) in [7, 11) is 0. The van der Waals surface area contributed by atoms with Gasteiger partial charge < -0.3 is 9.47 Å². The van der Waals surface area contributed by atoms with Crippen molar-refractivity contribution in [3.63, 3.8) is 0 Å². The molecule has 3 fully saturated rings. The molecule has 3 heterocycles. The number of halogens is 2. The minimum Gasteiger partial charge on any atom is -0.371 e. The maximum absolute atomic E-state index is 6.29. The van der Waals surface area contributed by atoms with Crippen molar-refractivity contribution >= 4 is 31.9 Å². The molecule has 0 N–H and O–H groups in total. The van der Waals surface area contributed by atoms with Crippen LogP contribution in [0.25, 0.3) is 0 Å². The molecule has 0 spiro atoms. The lowest BCUT2D eigenvalue weighted by atomic mass is 9.90. The van der Waals surface area contributed by atoms with Crippen LogP contribution in [0.5, 0.6) is 0 Å². The molecule has 0 aromatic heterocycles. The third-order valence-electron chi connectivity index (χ3n) is 3.82. The highest BCUT2D eigenvalue weighted by Gasteiger charge is 2.44. The molecule has 6 atom stereocenters. The van der Waals surface area contributed by atoms with Crippen LogP contribution in [0, 0.1) is 12.3 Å². The summed E-state index contributed by atoms with van der Waals surface area (Å²) in [4.78, 5) is 0.784. The highest BCUT2D eigenvalue weighted by molar-refractivity contribution is 9.09. The molecule has 19 heavy (non-hydrogen) atoms. The summed E-state index contributed by atoms with van der Waals surface area (Å²) in [5, 5.41) is 0. The van der Waals surface area contributed by atoms with E-state index in [0.29, 0.717) is 15.8 Å². The summed E-state index contributed by atoms with van der Waals surface area (Å²) in [5.74, 6) is 2.52. The molecule has 0 aliphatic carbocycles. The van der Waals surface area contributed by atoms with Crippen molar-refractivity contribution in [2.45, 2.75) is 66.7 Å². The van der Waals surface area contributed by atoms with Crippen LogP contribution in [0.2, 0.25) is 0 Å². The fourth-order valence-electron chi connectivity index (χ4n) is 2.63. The maximum Gasteiger partial charge on any atom is 0.0876 e. The monoisotopic (exact) mass is 390 g/mol. The van der Waals surface area contributed by atoms with Gasteiger partial charge in [0.2, 0.25) is 0 Å². The second-order valence-electron chi connectivity index (χ2n) is 5.14. The van der Waals surface area contributed by atoms with Gasteiger partial charge in [-0.2, -0.15) is 0 Å². The van der Waals surface area contributed by atoms with Gasteiger partial charge in [-0.1, -0.05) is 50.8 Å². The number of hydrogen-bond donors (Lipinski definition) is 0. The Hall–Kier alpha value is 0.180. The minimum atomic E-state index is 0.123. The first-order valence-corrected chi connectivity index (χ1v) is 8.69. The van der Waals surface area contributed by atoms with Crippen molar-refractivity contribution in [2.75, 3.05) is 0 Å². The summed E-state index contributed by atoms with van der Waals surface area (Å²) >= 11 is 7.46. The molecule has 0 amide bonds. The van der Waals surface area contributed by atoms with Crippen LogP contribution in [0.1, 0.15) is 32.6 Å². The number of alkyl halides is 2. The quantitative estimate of drug-likeness (QED) is 0.535. The first-order valence-electron chi connectivity index (χ1n) is 6.85. The molecule has 0 aromatic rings. The lowest BCUT2D eigenvalue weighted by Crippen LogP contribution is -2.55. The summed E-state index contributed by atoms with van der Waals surface area (Å²) < 4.78 is 12.2. The minimum absolute atomic E-state index is 0.123. The largest absolute Gasteiger partial charge is 0.371 e. The number of terminal acetylenes is 1. The highest BCUT2D eigenvalue weighted by atomic mass is 79.9. The Morgan fingerprint density at radius 3 is 2.74 bits per heavy atom. The third kappa shape index (κ3) is 3.85. The van der Waals surface area contributed by atoms with E-state index in [1.54, 1.807) is 6.08 Å². The first-order chi connectivity index (χ1) is 9.15. The van der Waals surface area contributed by atoms with Gasteiger partial charge in [-0.05, 0) is 25.3 Å². The number of ether oxygens (including phenoxy) is 2. The van der Waals surface area contributed by atoms with E-state index in [1.165, 1.54) is 0 Å². The van der Waals surface area contributed by atoms with Crippen molar-refractivity contribution in [2.24, 2.45) is 0 Å². The Labute approximate surface area is 132 Å². The van der Waals surface area contributed by atoms with E-state index in [4.69, 9.17) is 15.9 Å². The first kappa shape index (κ1) is 15.6. The second kappa shape index (κ2) is 7.26. The van der Waals surface area contributed by atoms with Gasteiger partial charge in [0.1, 0.15) is 0 Å². The molecule has 106 valence electrons. The Kier molecular flexibility index (Phi) is 5.95. The van der Waals surface area contributed by atoms with Crippen LogP contribution in [0.15, 0.2) is 12.2 Å². The summed E-state index contributed by atoms with van der Waals surface area (Å²) in [5.41, 5.74) is 0. The summed E-state index contributed by atoms with van der Waals surface area (Å²) in [6.07, 6.45) is 13.8. The molecule has 2 nitrogen and oxygen atoms in total. The molecule has 0 saturated carbocycles. The number of hydrogen-bond acceptors (Lipinski definition) is 2. The average molecular weight is 392 g/mol. The van der Waals surface area contributed by atoms with Gasteiger partial charge in [-0.25, -0.2) is 0 Å². The Morgan fingerprint density at radius 1 is 1.37 bits per heavy atom. The van der Waals surface area contributed by atoms with Crippen molar-refractivity contribution < 1.29 is 9.47 Å². The number of allylic oxidation sites excluding steroid dienone is 1. The van der Waals surface area contributed by atoms with Gasteiger partial charge in [0.15, 0.2) is 0 Å². The van der Waals surface area contributed by atoms with E-state index in [0.717, 1.165) is 25.7 Å². The molecular formula is C15H20Br2O2. The van der Waals surface area contributed by atoms with E-state index >= 15 is 0 Å². The zero-order chi connectivity index (χ0) is 13.8. The Bertz CT molecular complexity index is 358. The van der Waals surface area contributed by atoms with Crippen LogP contribution in [-0.2, 0) is 9.47 Å². The normalized spacial score (nSPS) is 40.0. The highest BCUT2D eigenvalue weighted by Crippen LogP contribution is 2.39. The average Bonchev–Trinajstić information content (AvgIpc) is 2.32. The van der Waals surface area contributed by atoms with E-state index in [-0.39, 0.29) is 18.3 Å². The second-order valence-corrected chi connectivity index (χ2v) is 7.49. The van der Waals surface area contributed by atoms with E-state index < -0.39 is 0 Å². The molecule has 3 aliphatic heterocycles. The molecule has 0 radical (unpaired) electrons. The van der Waals surface area contributed by atoms with Gasteiger partial charge in [0.25, 0.3) is 0 Å². The predicted molar refractivity (Wildman–Crippen MR) is 84.9 cm³/mol. The molecule has 3 aliphatic rings. The van der Waals surface area contributed by atoms with Gasteiger partial charge in [0.05, 0.1) is 24.4 Å². The summed E-state index contributed by atoms with van der Waals surface area (Å²) in [6.45, 7) is 2.18. The SMILES string of the molecule is C#C/C=C\C[C@H]1O[C@H](C(Br)CC)C[C@@H](Br)[C@@H]2C[C@@H]1O2. The standard InChI is InChI=1S/C15H20Br2O2/c1-3-5-6-7-12-15-9-14(19-15)11(17)8-13(18-12)10(16)4-2/h1,5-6,10-15H,4,7-9H2,2H3/b6-5-/t10?,11-,12-,13+,14+,15+/m1/s1. The van der Waals surface area contributed by atoms with Gasteiger partial charge in [-0.15, -0.1) is 6.42 Å². The number of rotatable bonds is 4. The molecule has 3 saturated heterocycles. The van der Waals surface area contributed by atoms with Crippen LogP contribution < -0.4 is 0 Å². The van der Waals surface area contributed by atoms with E-state index in [9.17, 15) is 0 Å². The zero-order valence-corrected chi connectivity index (χ0v) is 14.3. The Morgan fingerprint density at radius 2 is 2.11 bits per heavy atom. The smallest absolute Gasteiger partial charge is 0.0876 e. The van der Waals surface area contributed by atoms with Crippen LogP contribution in [0.4, 0.5) is 0 Å². The molecule has 0 aromatic carbocycles. The molecular weight excluding hydrogens is 372 g/mol. The van der Waals surface area contributed by atoms with Crippen molar-refractivity contribution in [1.29, 1.82) is 0 Å². The predicted octanol–water partition coefficient (Wildman–Crippen LogP) is 3.82. The van der Waals surface area contributed by atoms with Gasteiger partial charge in [-0.3, -0.25) is 0 Å². The van der Waals surface area contributed by atoms with E-state index in [1.807, 2.05) is 6.08 Å². The lowest BCUT2D eigenvalue weighted by Gasteiger charge is -2.47. The fourth-order valence-corrected chi connectivity index (χ4v) is 3.68. The topological polar surface area (TPSA) is 18.5 Å². The van der Waals surface area contributed by atoms with Gasteiger partial charge in [0, 0.05) is 16.1 Å². The fraction of sp³-hybridized carbons (Fsp3) is 0.733. The third-order valence-corrected chi connectivity index (χ3v) is 6.02. The molecule has 4 heteroatoms. The van der Waals surface area contributed by atoms with Gasteiger partial charge >= 0.3 is 0 Å². The maximum atomic E-state index is 6.29. The molecule has 3 rings (SSSR count). The van der Waals surface area contributed by atoms with Crippen molar-refractivity contribution in [3.8, 4) is 12.3 Å². The summed E-state index contributed by atoms with van der Waals surface area (Å²) in [6, 6.07) is 0. The van der Waals surface area contributed by atoms with Crippen molar-refractivity contribution in [1.82, 2.24) is 0 Å². The molecule has 1 unspecified atom stereocenters. The number of fused-ring (bicyclic) bond motifs is 4. The van der Waals surface area contributed by atoms with Crippen LogP contribution >= 0.6 is 31.9 Å². The van der Waals surface area contributed by atoms with E-state index in [2.05, 4.69) is 44.7 Å². The van der Waals surface area contributed by atoms with Crippen molar-refractivity contribution in [3.05, 3.63) is 12.2 Å². The Balaban J connectivity index is 2.02. The van der Waals surface area contributed by atoms with Crippen LogP contribution in [0.3, 0.4) is 0 Å². The zero-order valence-electron chi connectivity index (χ0n) is 11.1. The van der Waals surface area contributed by atoms with Crippen LogP contribution in [-0.4, -0.2) is 34.1 Å². The molecule has 2 bridgehead atoms.